The highest BCUT2D eigenvalue weighted by molar-refractivity contribution is 5.45. The van der Waals surface area contributed by atoms with Crippen LogP contribution in [0.4, 0.5) is 5.69 Å². The van der Waals surface area contributed by atoms with Crippen molar-refractivity contribution in [3.8, 4) is 0 Å². The zero-order valence-corrected chi connectivity index (χ0v) is 7.94. The summed E-state index contributed by atoms with van der Waals surface area (Å²) < 4.78 is 0. The van der Waals surface area contributed by atoms with Crippen LogP contribution in [0.2, 0.25) is 0 Å². The van der Waals surface area contributed by atoms with Gasteiger partial charge in [-0.2, -0.15) is 0 Å². The van der Waals surface area contributed by atoms with Crippen molar-refractivity contribution in [2.24, 2.45) is 5.90 Å². The Morgan fingerprint density at radius 3 is 2.54 bits per heavy atom. The van der Waals surface area contributed by atoms with Gasteiger partial charge in [0.25, 0.3) is 0 Å². The number of para-hydroxylation sites is 1. The molecule has 0 spiro atoms. The summed E-state index contributed by atoms with van der Waals surface area (Å²) >= 11 is 0. The van der Waals surface area contributed by atoms with Gasteiger partial charge >= 0.3 is 0 Å². The first-order chi connectivity index (χ1) is 6.38. The first-order valence-electron chi connectivity index (χ1n) is 4.50. The van der Waals surface area contributed by atoms with E-state index in [0.29, 0.717) is 6.61 Å². The first kappa shape index (κ1) is 10.0. The van der Waals surface area contributed by atoms with Crippen molar-refractivity contribution in [2.75, 3.05) is 24.6 Å². The van der Waals surface area contributed by atoms with Crippen molar-refractivity contribution >= 4 is 5.69 Å². The average molecular weight is 180 g/mol. The van der Waals surface area contributed by atoms with Gasteiger partial charge in [0.05, 0.1) is 6.61 Å². The van der Waals surface area contributed by atoms with Gasteiger partial charge in [-0.25, -0.2) is 5.90 Å². The van der Waals surface area contributed by atoms with Gasteiger partial charge < -0.3 is 9.74 Å². The third kappa shape index (κ3) is 3.05. The molecule has 1 aromatic rings. The highest BCUT2D eigenvalue weighted by atomic mass is 16.6. The highest BCUT2D eigenvalue weighted by Crippen LogP contribution is 2.11. The number of nitrogens with two attached hydrogens (primary N) is 1. The second-order valence-electron chi connectivity index (χ2n) is 2.79. The van der Waals surface area contributed by atoms with Crippen molar-refractivity contribution in [3.05, 3.63) is 30.3 Å². The lowest BCUT2D eigenvalue weighted by Gasteiger charge is -2.22. The summed E-state index contributed by atoms with van der Waals surface area (Å²) in [4.78, 5) is 6.77. The third-order valence-electron chi connectivity index (χ3n) is 1.98. The molecule has 0 radical (unpaired) electrons. The summed E-state index contributed by atoms with van der Waals surface area (Å²) in [6, 6.07) is 10.2. The predicted molar refractivity (Wildman–Crippen MR) is 54.5 cm³/mol. The molecule has 0 amide bonds. The maximum absolute atomic E-state index is 4.98. The monoisotopic (exact) mass is 180 g/mol. The quantitative estimate of drug-likeness (QED) is 0.696. The SMILES string of the molecule is CCN(CCON)c1ccccc1. The fraction of sp³-hybridized carbons (Fsp3) is 0.400. The van der Waals surface area contributed by atoms with E-state index in [9.17, 15) is 0 Å². The molecule has 0 unspecified atom stereocenters. The molecule has 0 aliphatic heterocycles. The molecule has 0 atom stereocenters. The normalized spacial score (nSPS) is 10.0. The number of hydrogen-bond acceptors (Lipinski definition) is 3. The molecule has 3 nitrogen and oxygen atoms in total. The van der Waals surface area contributed by atoms with E-state index in [4.69, 9.17) is 5.90 Å². The molecule has 1 rings (SSSR count). The van der Waals surface area contributed by atoms with E-state index in [1.807, 2.05) is 18.2 Å². The van der Waals surface area contributed by atoms with Crippen LogP contribution in [-0.4, -0.2) is 19.7 Å². The van der Waals surface area contributed by atoms with E-state index in [2.05, 4.69) is 28.8 Å². The zero-order chi connectivity index (χ0) is 9.52. The van der Waals surface area contributed by atoms with Gasteiger partial charge in [0.1, 0.15) is 0 Å². The van der Waals surface area contributed by atoms with E-state index in [0.717, 1.165) is 13.1 Å². The van der Waals surface area contributed by atoms with Gasteiger partial charge in [0.2, 0.25) is 0 Å². The molecular formula is C10H16N2O. The van der Waals surface area contributed by atoms with Crippen LogP contribution in [0.25, 0.3) is 0 Å². The van der Waals surface area contributed by atoms with Crippen molar-refractivity contribution in [1.82, 2.24) is 0 Å². The maximum atomic E-state index is 4.98. The Morgan fingerprint density at radius 2 is 2.00 bits per heavy atom. The fourth-order valence-electron chi connectivity index (χ4n) is 1.27. The topological polar surface area (TPSA) is 38.5 Å². The molecule has 3 heteroatoms. The van der Waals surface area contributed by atoms with Gasteiger partial charge in [0.15, 0.2) is 0 Å². The molecule has 0 aliphatic rings. The average Bonchev–Trinajstić information content (AvgIpc) is 2.21. The molecule has 0 saturated carbocycles. The second kappa shape index (κ2) is 5.56. The highest BCUT2D eigenvalue weighted by Gasteiger charge is 2.01. The molecule has 13 heavy (non-hydrogen) atoms. The van der Waals surface area contributed by atoms with Gasteiger partial charge in [-0.1, -0.05) is 18.2 Å². The van der Waals surface area contributed by atoms with Crippen LogP contribution < -0.4 is 10.8 Å². The summed E-state index contributed by atoms with van der Waals surface area (Å²) in [5.74, 6) is 4.98. The number of hydrogen-bond donors (Lipinski definition) is 1. The minimum absolute atomic E-state index is 0.558. The first-order valence-corrected chi connectivity index (χ1v) is 4.50. The number of likely N-dealkylation sites (N-methyl/N-ethyl adjacent to an activating group) is 1. The summed E-state index contributed by atoms with van der Waals surface area (Å²) in [6.45, 7) is 4.47. The standard InChI is InChI=1S/C10H16N2O/c1-2-12(8-9-13-11)10-6-4-3-5-7-10/h3-7H,2,8-9,11H2,1H3. The summed E-state index contributed by atoms with van der Waals surface area (Å²) in [7, 11) is 0. The third-order valence-corrected chi connectivity index (χ3v) is 1.98. The molecular weight excluding hydrogens is 164 g/mol. The van der Waals surface area contributed by atoms with E-state index in [1.54, 1.807) is 0 Å². The molecule has 2 N–H and O–H groups in total. The van der Waals surface area contributed by atoms with Crippen LogP contribution in [0.5, 0.6) is 0 Å². The Labute approximate surface area is 79.1 Å². The Balaban J connectivity index is 2.56. The maximum Gasteiger partial charge on any atom is 0.0854 e. The minimum Gasteiger partial charge on any atom is -0.369 e. The lowest BCUT2D eigenvalue weighted by atomic mass is 10.3. The van der Waals surface area contributed by atoms with Crippen LogP contribution in [0.15, 0.2) is 30.3 Å². The van der Waals surface area contributed by atoms with Crippen LogP contribution >= 0.6 is 0 Å². The summed E-state index contributed by atoms with van der Waals surface area (Å²) in [5.41, 5.74) is 1.21. The molecule has 0 aromatic heterocycles. The minimum atomic E-state index is 0.558. The van der Waals surface area contributed by atoms with Crippen LogP contribution in [-0.2, 0) is 4.84 Å². The summed E-state index contributed by atoms with van der Waals surface area (Å²) in [6.07, 6.45) is 0. The van der Waals surface area contributed by atoms with E-state index >= 15 is 0 Å². The van der Waals surface area contributed by atoms with Gasteiger partial charge in [-0.05, 0) is 19.1 Å². The van der Waals surface area contributed by atoms with E-state index < -0.39 is 0 Å². The molecule has 0 fully saturated rings. The van der Waals surface area contributed by atoms with Crippen molar-refractivity contribution in [1.29, 1.82) is 0 Å². The van der Waals surface area contributed by atoms with Crippen LogP contribution in [0.3, 0.4) is 0 Å². The number of benzene rings is 1. The van der Waals surface area contributed by atoms with E-state index in [-0.39, 0.29) is 0 Å². The Hall–Kier alpha value is -1.06. The van der Waals surface area contributed by atoms with Crippen LogP contribution in [0, 0.1) is 0 Å². The molecule has 0 bridgehead atoms. The number of nitrogens with zero attached hydrogens (tertiary/aromatic N) is 1. The summed E-state index contributed by atoms with van der Waals surface area (Å²) in [5, 5.41) is 0. The number of anilines is 1. The molecule has 0 saturated heterocycles. The van der Waals surface area contributed by atoms with Crippen LogP contribution in [0.1, 0.15) is 6.92 Å². The van der Waals surface area contributed by atoms with Gasteiger partial charge in [-0.3, -0.25) is 0 Å². The number of rotatable bonds is 5. The van der Waals surface area contributed by atoms with Crippen molar-refractivity contribution in [2.45, 2.75) is 6.92 Å². The van der Waals surface area contributed by atoms with E-state index in [1.165, 1.54) is 5.69 Å². The van der Waals surface area contributed by atoms with Crippen molar-refractivity contribution in [3.63, 3.8) is 0 Å². The largest absolute Gasteiger partial charge is 0.369 e. The zero-order valence-electron chi connectivity index (χ0n) is 7.94. The predicted octanol–water partition coefficient (Wildman–Crippen LogP) is 1.40. The molecule has 0 aliphatic carbocycles. The Kier molecular flexibility index (Phi) is 4.29. The Morgan fingerprint density at radius 1 is 1.31 bits per heavy atom. The smallest absolute Gasteiger partial charge is 0.0854 e. The lowest BCUT2D eigenvalue weighted by Crippen LogP contribution is -2.27. The van der Waals surface area contributed by atoms with Gasteiger partial charge in [0, 0.05) is 18.8 Å². The van der Waals surface area contributed by atoms with Crippen molar-refractivity contribution < 1.29 is 4.84 Å². The molecule has 1 aromatic carbocycles. The van der Waals surface area contributed by atoms with Gasteiger partial charge in [-0.15, -0.1) is 0 Å². The lowest BCUT2D eigenvalue weighted by molar-refractivity contribution is 0.144. The fourth-order valence-corrected chi connectivity index (χ4v) is 1.27. The second-order valence-corrected chi connectivity index (χ2v) is 2.79. The Bertz CT molecular complexity index is 226. The molecule has 0 heterocycles. The molecule has 72 valence electrons.